The summed E-state index contributed by atoms with van der Waals surface area (Å²) in [7, 11) is 1.15. The van der Waals surface area contributed by atoms with Crippen molar-refractivity contribution in [2.75, 3.05) is 12.8 Å². The van der Waals surface area contributed by atoms with E-state index in [1.54, 1.807) is 0 Å². The fraction of sp³-hybridized carbons (Fsp3) is 0.111. The Balaban J connectivity index is 3.36. The van der Waals surface area contributed by atoms with Gasteiger partial charge in [0.1, 0.15) is 11.3 Å². The highest BCUT2D eigenvalue weighted by molar-refractivity contribution is 6.02. The lowest BCUT2D eigenvalue weighted by atomic mass is 10.1. The van der Waals surface area contributed by atoms with E-state index in [-0.39, 0.29) is 22.6 Å². The van der Waals surface area contributed by atoms with Crippen LogP contribution in [0.1, 0.15) is 20.7 Å². The smallest absolute Gasteiger partial charge is 0.341 e. The Kier molecular flexibility index (Phi) is 2.80. The second kappa shape index (κ2) is 3.87. The summed E-state index contributed by atoms with van der Waals surface area (Å²) >= 11 is 0. The van der Waals surface area contributed by atoms with Gasteiger partial charge in [0.15, 0.2) is 0 Å². The van der Waals surface area contributed by atoms with E-state index in [2.05, 4.69) is 4.74 Å². The van der Waals surface area contributed by atoms with Crippen LogP contribution in [0.5, 0.6) is 5.75 Å². The highest BCUT2D eigenvalue weighted by atomic mass is 16.5. The minimum atomic E-state index is -0.780. The maximum absolute atomic E-state index is 11.1. The summed E-state index contributed by atoms with van der Waals surface area (Å²) in [5.74, 6) is -1.91. The molecular formula is C9H10N2O4. The Labute approximate surface area is 85.4 Å². The standard InChI is InChI=1S/C9H10N2O4/c1-15-9(14)5-2-4(8(11)13)6(10)3-7(5)12/h2-3,12H,10H2,1H3,(H2,11,13). The SMILES string of the molecule is COC(=O)c1cc(C(N)=O)c(N)cc1O. The summed E-state index contributed by atoms with van der Waals surface area (Å²) in [5.41, 5.74) is 10.3. The summed E-state index contributed by atoms with van der Waals surface area (Å²) in [5, 5.41) is 9.37. The lowest BCUT2D eigenvalue weighted by molar-refractivity contribution is 0.0597. The second-order valence-electron chi connectivity index (χ2n) is 2.81. The molecule has 1 amide bonds. The number of primary amides is 1. The lowest BCUT2D eigenvalue weighted by Gasteiger charge is -2.06. The number of anilines is 1. The van der Waals surface area contributed by atoms with Crippen LogP contribution >= 0.6 is 0 Å². The van der Waals surface area contributed by atoms with E-state index < -0.39 is 11.9 Å². The molecule has 15 heavy (non-hydrogen) atoms. The van der Waals surface area contributed by atoms with E-state index in [0.29, 0.717) is 0 Å². The minimum Gasteiger partial charge on any atom is -0.507 e. The molecule has 0 unspecified atom stereocenters. The molecule has 0 heterocycles. The van der Waals surface area contributed by atoms with Crippen LogP contribution in [0.25, 0.3) is 0 Å². The lowest BCUT2D eigenvalue weighted by Crippen LogP contribution is -2.15. The summed E-state index contributed by atoms with van der Waals surface area (Å²) in [4.78, 5) is 22.0. The third-order valence-electron chi connectivity index (χ3n) is 1.84. The maximum Gasteiger partial charge on any atom is 0.341 e. The van der Waals surface area contributed by atoms with Crippen LogP contribution in [0.4, 0.5) is 5.69 Å². The fourth-order valence-electron chi connectivity index (χ4n) is 1.09. The number of nitrogen functional groups attached to an aromatic ring is 1. The first-order valence-corrected chi connectivity index (χ1v) is 3.98. The van der Waals surface area contributed by atoms with Crippen molar-refractivity contribution in [2.24, 2.45) is 5.73 Å². The van der Waals surface area contributed by atoms with Gasteiger partial charge in [-0.3, -0.25) is 4.79 Å². The van der Waals surface area contributed by atoms with Gasteiger partial charge in [-0.1, -0.05) is 0 Å². The van der Waals surface area contributed by atoms with Gasteiger partial charge in [-0.2, -0.15) is 0 Å². The van der Waals surface area contributed by atoms with Crippen molar-refractivity contribution in [3.8, 4) is 5.75 Å². The van der Waals surface area contributed by atoms with Gasteiger partial charge in [0.25, 0.3) is 5.91 Å². The van der Waals surface area contributed by atoms with Gasteiger partial charge >= 0.3 is 5.97 Å². The highest BCUT2D eigenvalue weighted by Crippen LogP contribution is 2.24. The molecule has 0 spiro atoms. The van der Waals surface area contributed by atoms with E-state index in [1.807, 2.05) is 0 Å². The van der Waals surface area contributed by atoms with E-state index in [9.17, 15) is 14.7 Å². The number of benzene rings is 1. The molecule has 0 aliphatic rings. The number of carbonyl (C=O) groups is 2. The number of phenols is 1. The summed E-state index contributed by atoms with van der Waals surface area (Å²) in [6, 6.07) is 2.17. The number of esters is 1. The zero-order chi connectivity index (χ0) is 11.6. The van der Waals surface area contributed by atoms with E-state index in [0.717, 1.165) is 19.2 Å². The van der Waals surface area contributed by atoms with Crippen molar-refractivity contribution in [3.63, 3.8) is 0 Å². The molecular weight excluding hydrogens is 200 g/mol. The van der Waals surface area contributed by atoms with Crippen molar-refractivity contribution in [1.29, 1.82) is 0 Å². The number of hydrogen-bond acceptors (Lipinski definition) is 5. The monoisotopic (exact) mass is 210 g/mol. The molecule has 80 valence electrons. The van der Waals surface area contributed by atoms with Crippen molar-refractivity contribution in [3.05, 3.63) is 23.3 Å². The third-order valence-corrected chi connectivity index (χ3v) is 1.84. The van der Waals surface area contributed by atoms with Crippen molar-refractivity contribution >= 4 is 17.6 Å². The number of ether oxygens (including phenoxy) is 1. The van der Waals surface area contributed by atoms with Gasteiger partial charge in [-0.15, -0.1) is 0 Å². The molecule has 5 N–H and O–H groups in total. The molecule has 1 aromatic carbocycles. The fourth-order valence-corrected chi connectivity index (χ4v) is 1.09. The summed E-state index contributed by atoms with van der Waals surface area (Å²) in [6.07, 6.45) is 0. The molecule has 6 nitrogen and oxygen atoms in total. The van der Waals surface area contributed by atoms with Crippen molar-refractivity contribution in [2.45, 2.75) is 0 Å². The van der Waals surface area contributed by atoms with Gasteiger partial charge < -0.3 is 21.3 Å². The average Bonchev–Trinajstić information content (AvgIpc) is 2.16. The molecule has 6 heteroatoms. The van der Waals surface area contributed by atoms with Crippen LogP contribution < -0.4 is 11.5 Å². The Bertz CT molecular complexity index is 428. The largest absolute Gasteiger partial charge is 0.507 e. The molecule has 0 aromatic heterocycles. The number of phenolic OH excluding ortho intramolecular Hbond substituents is 1. The molecule has 1 rings (SSSR count). The number of aromatic hydroxyl groups is 1. The van der Waals surface area contributed by atoms with E-state index >= 15 is 0 Å². The third kappa shape index (κ3) is 1.98. The van der Waals surface area contributed by atoms with Crippen LogP contribution in [-0.2, 0) is 4.74 Å². The number of amides is 1. The molecule has 0 fully saturated rings. The molecule has 0 aliphatic carbocycles. The summed E-state index contributed by atoms with van der Waals surface area (Å²) in [6.45, 7) is 0. The number of nitrogens with two attached hydrogens (primary N) is 2. The zero-order valence-electron chi connectivity index (χ0n) is 7.98. The zero-order valence-corrected chi connectivity index (χ0v) is 7.98. The molecule has 0 radical (unpaired) electrons. The van der Waals surface area contributed by atoms with Gasteiger partial charge in [0.2, 0.25) is 0 Å². The van der Waals surface area contributed by atoms with E-state index in [4.69, 9.17) is 11.5 Å². The first-order chi connectivity index (χ1) is 6.97. The second-order valence-corrected chi connectivity index (χ2v) is 2.81. The predicted octanol–water partition coefficient (Wildman–Crippen LogP) is -0.140. The number of hydrogen-bond donors (Lipinski definition) is 3. The normalized spacial score (nSPS) is 9.67. The highest BCUT2D eigenvalue weighted by Gasteiger charge is 2.16. The van der Waals surface area contributed by atoms with Crippen LogP contribution in [0.15, 0.2) is 12.1 Å². The Morgan fingerprint density at radius 1 is 1.33 bits per heavy atom. The molecule has 0 saturated carbocycles. The van der Waals surface area contributed by atoms with Gasteiger partial charge in [0.05, 0.1) is 12.7 Å². The molecule has 0 saturated heterocycles. The van der Waals surface area contributed by atoms with Gasteiger partial charge in [-0.25, -0.2) is 4.79 Å². The summed E-state index contributed by atoms with van der Waals surface area (Å²) < 4.78 is 4.40. The topological polar surface area (TPSA) is 116 Å². The van der Waals surface area contributed by atoms with Gasteiger partial charge in [-0.05, 0) is 6.07 Å². The first kappa shape index (κ1) is 10.8. The number of carbonyl (C=O) groups excluding carboxylic acids is 2. The Hall–Kier alpha value is -2.24. The molecule has 1 aromatic rings. The van der Waals surface area contributed by atoms with Gasteiger partial charge in [0, 0.05) is 11.8 Å². The quantitative estimate of drug-likeness (QED) is 0.464. The van der Waals surface area contributed by atoms with Crippen molar-refractivity contribution < 1.29 is 19.4 Å². The number of rotatable bonds is 2. The van der Waals surface area contributed by atoms with Crippen LogP contribution in [-0.4, -0.2) is 24.1 Å². The average molecular weight is 210 g/mol. The van der Waals surface area contributed by atoms with Crippen LogP contribution in [0.3, 0.4) is 0 Å². The minimum absolute atomic E-state index is 0.00709. The van der Waals surface area contributed by atoms with Crippen LogP contribution in [0.2, 0.25) is 0 Å². The molecule has 0 atom stereocenters. The molecule has 0 aliphatic heterocycles. The first-order valence-electron chi connectivity index (χ1n) is 3.98. The van der Waals surface area contributed by atoms with Crippen molar-refractivity contribution in [1.82, 2.24) is 0 Å². The molecule has 0 bridgehead atoms. The van der Waals surface area contributed by atoms with Crippen LogP contribution in [0, 0.1) is 0 Å². The Morgan fingerprint density at radius 3 is 2.40 bits per heavy atom. The number of methoxy groups -OCH3 is 1. The Morgan fingerprint density at radius 2 is 1.93 bits per heavy atom. The van der Waals surface area contributed by atoms with E-state index in [1.165, 1.54) is 0 Å². The predicted molar refractivity (Wildman–Crippen MR) is 52.4 cm³/mol. The maximum atomic E-state index is 11.1.